The van der Waals surface area contributed by atoms with E-state index in [0.717, 1.165) is 20.3 Å². The van der Waals surface area contributed by atoms with Crippen LogP contribution in [0.3, 0.4) is 0 Å². The molecule has 5 nitrogen and oxygen atoms in total. The van der Waals surface area contributed by atoms with Crippen molar-refractivity contribution in [3.8, 4) is 5.75 Å². The van der Waals surface area contributed by atoms with Gasteiger partial charge in [-0.05, 0) is 84.2 Å². The number of hydrogen-bond donors (Lipinski definition) is 1. The summed E-state index contributed by atoms with van der Waals surface area (Å²) in [5, 5.41) is 3.36. The van der Waals surface area contributed by atoms with E-state index in [1.165, 1.54) is 0 Å². The van der Waals surface area contributed by atoms with E-state index in [1.54, 1.807) is 12.0 Å². The molecule has 0 bridgehead atoms. The van der Waals surface area contributed by atoms with Crippen LogP contribution >= 0.6 is 31.9 Å². The van der Waals surface area contributed by atoms with Crippen LogP contribution < -0.4 is 10.1 Å². The molecule has 25 heavy (non-hydrogen) atoms. The van der Waals surface area contributed by atoms with Crippen LogP contribution in [-0.4, -0.2) is 42.8 Å². The van der Waals surface area contributed by atoms with Crippen molar-refractivity contribution < 1.29 is 14.3 Å². The van der Waals surface area contributed by atoms with E-state index in [9.17, 15) is 4.79 Å². The first-order valence-electron chi connectivity index (χ1n) is 8.27. The lowest BCUT2D eigenvalue weighted by Gasteiger charge is -2.30. The highest BCUT2D eigenvalue weighted by atomic mass is 79.9. The lowest BCUT2D eigenvalue weighted by molar-refractivity contribution is 0.0193. The average molecular weight is 480 g/mol. The van der Waals surface area contributed by atoms with Gasteiger partial charge in [0.25, 0.3) is 0 Å². The number of nitrogens with one attached hydrogen (secondary N) is 1. The molecule has 142 valence electrons. The predicted molar refractivity (Wildman–Crippen MR) is 108 cm³/mol. The number of carbonyl (C=O) groups excluding carboxylic acids is 1. The number of ether oxygens (including phenoxy) is 2. The van der Waals surface area contributed by atoms with Gasteiger partial charge in [0, 0.05) is 25.7 Å². The lowest BCUT2D eigenvalue weighted by atomic mass is 10.2. The summed E-state index contributed by atoms with van der Waals surface area (Å²) in [6.45, 7) is 11.6. The minimum Gasteiger partial charge on any atom is -0.494 e. The molecule has 1 aromatic rings. The molecule has 1 rings (SSSR count). The molecule has 0 atom stereocenters. The highest BCUT2D eigenvalue weighted by Crippen LogP contribution is 2.34. The van der Waals surface area contributed by atoms with E-state index in [-0.39, 0.29) is 12.1 Å². The highest BCUT2D eigenvalue weighted by Gasteiger charge is 2.23. The van der Waals surface area contributed by atoms with Crippen molar-refractivity contribution in [3.63, 3.8) is 0 Å². The molecule has 0 saturated carbocycles. The van der Waals surface area contributed by atoms with E-state index in [1.807, 2.05) is 46.8 Å². The number of benzene rings is 1. The second-order valence-corrected chi connectivity index (χ2v) is 8.75. The Hall–Kier alpha value is -0.790. The first-order valence-corrected chi connectivity index (χ1v) is 9.86. The summed E-state index contributed by atoms with van der Waals surface area (Å²) >= 11 is 7.01. The van der Waals surface area contributed by atoms with Crippen molar-refractivity contribution in [2.24, 2.45) is 0 Å². The average Bonchev–Trinajstić information content (AvgIpc) is 2.44. The standard InChI is InChI=1S/C18H28Br2N2O3/c1-12(2)22(17(23)25-18(3,4)5)8-7-21-11-13-9-14(19)16(24-6)15(20)10-13/h9-10,12,21H,7-8,11H2,1-6H3. The van der Waals surface area contributed by atoms with Crippen LogP contribution in [0.2, 0.25) is 0 Å². The molecule has 7 heteroatoms. The Kier molecular flexibility index (Phi) is 8.71. The molecule has 0 heterocycles. The smallest absolute Gasteiger partial charge is 0.410 e. The molecule has 0 aliphatic heterocycles. The molecule has 0 spiro atoms. The monoisotopic (exact) mass is 478 g/mol. The highest BCUT2D eigenvalue weighted by molar-refractivity contribution is 9.11. The fourth-order valence-electron chi connectivity index (χ4n) is 2.22. The summed E-state index contributed by atoms with van der Waals surface area (Å²) in [4.78, 5) is 14.0. The fraction of sp³-hybridized carbons (Fsp3) is 0.611. The maximum Gasteiger partial charge on any atom is 0.410 e. The predicted octanol–water partition coefficient (Wildman–Crippen LogP) is 4.96. The summed E-state index contributed by atoms with van der Waals surface area (Å²) in [5.74, 6) is 0.777. The van der Waals surface area contributed by atoms with Gasteiger partial charge < -0.3 is 19.7 Å². The number of rotatable bonds is 7. The SMILES string of the molecule is COc1c(Br)cc(CNCCN(C(=O)OC(C)(C)C)C(C)C)cc1Br. The normalized spacial score (nSPS) is 11.6. The Morgan fingerprint density at radius 2 is 1.80 bits per heavy atom. The first-order chi connectivity index (χ1) is 11.5. The van der Waals surface area contributed by atoms with E-state index >= 15 is 0 Å². The number of nitrogens with zero attached hydrogens (tertiary/aromatic N) is 1. The van der Waals surface area contributed by atoms with Gasteiger partial charge in [-0.2, -0.15) is 0 Å². The summed E-state index contributed by atoms with van der Waals surface area (Å²) in [5.41, 5.74) is 0.632. The number of carbonyl (C=O) groups is 1. The third kappa shape index (κ3) is 7.54. The van der Waals surface area contributed by atoms with Gasteiger partial charge in [-0.3, -0.25) is 0 Å². The van der Waals surface area contributed by atoms with Crippen molar-refractivity contribution in [2.75, 3.05) is 20.2 Å². The van der Waals surface area contributed by atoms with Gasteiger partial charge in [0.1, 0.15) is 11.4 Å². The zero-order valence-electron chi connectivity index (χ0n) is 15.8. The van der Waals surface area contributed by atoms with E-state index in [2.05, 4.69) is 37.2 Å². The molecule has 1 N–H and O–H groups in total. The molecule has 0 radical (unpaired) electrons. The van der Waals surface area contributed by atoms with Crippen LogP contribution in [0.4, 0.5) is 4.79 Å². The molecule has 0 aliphatic carbocycles. The fourth-order valence-corrected chi connectivity index (χ4v) is 3.83. The molecule has 1 amide bonds. The van der Waals surface area contributed by atoms with Gasteiger partial charge in [0.2, 0.25) is 0 Å². The number of halogens is 2. The minimum atomic E-state index is -0.487. The van der Waals surface area contributed by atoms with E-state index in [4.69, 9.17) is 9.47 Å². The van der Waals surface area contributed by atoms with Crippen LogP contribution in [0.1, 0.15) is 40.2 Å². The zero-order valence-corrected chi connectivity index (χ0v) is 19.0. The van der Waals surface area contributed by atoms with Gasteiger partial charge in [0.05, 0.1) is 16.1 Å². The number of hydrogen-bond acceptors (Lipinski definition) is 4. The third-order valence-corrected chi connectivity index (χ3v) is 4.55. The van der Waals surface area contributed by atoms with Gasteiger partial charge in [0.15, 0.2) is 0 Å². The van der Waals surface area contributed by atoms with E-state index < -0.39 is 5.60 Å². The topological polar surface area (TPSA) is 50.8 Å². The van der Waals surface area contributed by atoms with Crippen molar-refractivity contribution in [1.29, 1.82) is 0 Å². The molecule has 0 fully saturated rings. The van der Waals surface area contributed by atoms with E-state index in [0.29, 0.717) is 19.6 Å². The lowest BCUT2D eigenvalue weighted by Crippen LogP contribution is -2.44. The third-order valence-electron chi connectivity index (χ3n) is 3.37. The molecular formula is C18H28Br2N2O3. The maximum absolute atomic E-state index is 12.3. The first kappa shape index (κ1) is 22.3. The molecular weight excluding hydrogens is 452 g/mol. The zero-order chi connectivity index (χ0) is 19.2. The summed E-state index contributed by atoms with van der Waals surface area (Å²) in [6, 6.07) is 4.12. The van der Waals surface area contributed by atoms with Crippen LogP contribution in [0.25, 0.3) is 0 Å². The molecule has 0 unspecified atom stereocenters. The molecule has 0 saturated heterocycles. The van der Waals surface area contributed by atoms with Gasteiger partial charge in [-0.1, -0.05) is 0 Å². The van der Waals surface area contributed by atoms with Gasteiger partial charge in [-0.15, -0.1) is 0 Å². The summed E-state index contributed by atoms with van der Waals surface area (Å²) < 4.78 is 12.6. The Morgan fingerprint density at radius 3 is 2.24 bits per heavy atom. The number of amides is 1. The molecule has 0 aliphatic rings. The molecule has 0 aromatic heterocycles. The Labute approximate surface area is 167 Å². The number of methoxy groups -OCH3 is 1. The Morgan fingerprint density at radius 1 is 1.24 bits per heavy atom. The van der Waals surface area contributed by atoms with Crippen LogP contribution in [0.15, 0.2) is 21.1 Å². The van der Waals surface area contributed by atoms with Crippen molar-refractivity contribution >= 4 is 38.0 Å². The minimum absolute atomic E-state index is 0.0842. The second-order valence-electron chi connectivity index (χ2n) is 7.04. The van der Waals surface area contributed by atoms with Gasteiger partial charge in [-0.25, -0.2) is 4.79 Å². The summed E-state index contributed by atoms with van der Waals surface area (Å²) in [6.07, 6.45) is -0.278. The van der Waals surface area contributed by atoms with Crippen molar-refractivity contribution in [3.05, 3.63) is 26.6 Å². The Balaban J connectivity index is 2.56. The largest absolute Gasteiger partial charge is 0.494 e. The quantitative estimate of drug-likeness (QED) is 0.561. The second kappa shape index (κ2) is 9.78. The maximum atomic E-state index is 12.3. The Bertz CT molecular complexity index is 563. The van der Waals surface area contributed by atoms with Crippen molar-refractivity contribution in [2.45, 2.75) is 52.8 Å². The van der Waals surface area contributed by atoms with Gasteiger partial charge >= 0.3 is 6.09 Å². The van der Waals surface area contributed by atoms with Crippen LogP contribution in [-0.2, 0) is 11.3 Å². The van der Waals surface area contributed by atoms with Crippen molar-refractivity contribution in [1.82, 2.24) is 10.2 Å². The summed E-state index contributed by atoms with van der Waals surface area (Å²) in [7, 11) is 1.64. The van der Waals surface area contributed by atoms with Crippen LogP contribution in [0, 0.1) is 0 Å². The molecule has 1 aromatic carbocycles. The van der Waals surface area contributed by atoms with Crippen LogP contribution in [0.5, 0.6) is 5.75 Å².